The van der Waals surface area contributed by atoms with E-state index in [9.17, 15) is 18.0 Å². The van der Waals surface area contributed by atoms with Crippen LogP contribution in [0.4, 0.5) is 18.9 Å². The fraction of sp³-hybridized carbons (Fsp3) is 0.533. The number of carbonyl (C=O) groups is 1. The molecule has 0 atom stereocenters. The zero-order valence-electron chi connectivity index (χ0n) is 11.6. The fourth-order valence-corrected chi connectivity index (χ4v) is 2.79. The summed E-state index contributed by atoms with van der Waals surface area (Å²) in [5.74, 6) is -1.61. The van der Waals surface area contributed by atoms with Gasteiger partial charge in [-0.3, -0.25) is 4.79 Å². The van der Waals surface area contributed by atoms with E-state index in [1.54, 1.807) is 6.07 Å². The highest BCUT2D eigenvalue weighted by Crippen LogP contribution is 2.38. The zero-order chi connectivity index (χ0) is 15.5. The number of halogens is 3. The first kappa shape index (κ1) is 15.7. The maximum Gasteiger partial charge on any atom is 0.391 e. The van der Waals surface area contributed by atoms with Crippen LogP contribution in [-0.4, -0.2) is 18.1 Å². The number of carbonyl (C=O) groups excluding carboxylic acids is 1. The van der Waals surface area contributed by atoms with Crippen LogP contribution in [0.1, 0.15) is 31.2 Å². The molecule has 0 spiro atoms. The van der Waals surface area contributed by atoms with Crippen LogP contribution in [-0.2, 0) is 11.2 Å². The van der Waals surface area contributed by atoms with E-state index in [0.29, 0.717) is 12.8 Å². The molecule has 0 bridgehead atoms. The molecule has 0 unspecified atom stereocenters. The molecule has 0 heterocycles. The molecule has 0 radical (unpaired) electrons. The fourth-order valence-electron chi connectivity index (χ4n) is 2.79. The molecule has 1 aliphatic rings. The van der Waals surface area contributed by atoms with Gasteiger partial charge in [0, 0.05) is 11.7 Å². The summed E-state index contributed by atoms with van der Waals surface area (Å²) >= 11 is 0. The minimum Gasteiger partial charge on any atom is -0.382 e. The van der Waals surface area contributed by atoms with E-state index < -0.39 is 18.0 Å². The number of hydrogen-bond acceptors (Lipinski definition) is 2. The monoisotopic (exact) mass is 300 g/mol. The number of primary amides is 1. The lowest BCUT2D eigenvalue weighted by Gasteiger charge is -2.31. The third-order valence-corrected chi connectivity index (χ3v) is 3.93. The highest BCUT2D eigenvalue weighted by molar-refractivity contribution is 5.78. The molecule has 1 aliphatic carbocycles. The van der Waals surface area contributed by atoms with Crippen LogP contribution in [0.25, 0.3) is 0 Å². The van der Waals surface area contributed by atoms with Crippen molar-refractivity contribution in [1.82, 2.24) is 0 Å². The van der Waals surface area contributed by atoms with E-state index in [-0.39, 0.29) is 25.3 Å². The van der Waals surface area contributed by atoms with Crippen LogP contribution in [0.15, 0.2) is 24.3 Å². The summed E-state index contributed by atoms with van der Waals surface area (Å²) in [5, 5.41) is 3.25. The van der Waals surface area contributed by atoms with E-state index in [2.05, 4.69) is 5.32 Å². The van der Waals surface area contributed by atoms with Crippen LogP contribution >= 0.6 is 0 Å². The second-order valence-electron chi connectivity index (χ2n) is 5.53. The highest BCUT2D eigenvalue weighted by atomic mass is 19.4. The standard InChI is InChI=1S/C15H19F3N2O/c16-15(17,18)11-5-7-12(8-6-11)20-13-4-2-1-3-10(13)9-14(19)21/h1-4,11-12,20H,5-9H2,(H2,19,21). The molecule has 3 nitrogen and oxygen atoms in total. The van der Waals surface area contributed by atoms with Gasteiger partial charge in [0.15, 0.2) is 0 Å². The van der Waals surface area contributed by atoms with Crippen molar-refractivity contribution in [2.24, 2.45) is 11.7 Å². The Labute approximate surface area is 121 Å². The summed E-state index contributed by atoms with van der Waals surface area (Å²) in [7, 11) is 0. The minimum atomic E-state index is -4.09. The number of anilines is 1. The first-order valence-corrected chi connectivity index (χ1v) is 7.05. The Balaban J connectivity index is 1.96. The molecule has 0 aliphatic heterocycles. The maximum absolute atomic E-state index is 12.6. The molecule has 116 valence electrons. The number of alkyl halides is 3. The minimum absolute atomic E-state index is 0.0117. The summed E-state index contributed by atoms with van der Waals surface area (Å²) in [6.45, 7) is 0. The molecule has 1 aromatic carbocycles. The van der Waals surface area contributed by atoms with Crippen molar-refractivity contribution >= 4 is 11.6 Å². The van der Waals surface area contributed by atoms with Crippen LogP contribution in [0.2, 0.25) is 0 Å². The number of hydrogen-bond donors (Lipinski definition) is 2. The van der Waals surface area contributed by atoms with Crippen molar-refractivity contribution in [2.45, 2.75) is 44.3 Å². The second-order valence-corrected chi connectivity index (χ2v) is 5.53. The lowest BCUT2D eigenvalue weighted by atomic mass is 9.85. The van der Waals surface area contributed by atoms with Crippen LogP contribution in [0, 0.1) is 5.92 Å². The molecule has 6 heteroatoms. The number of nitrogens with one attached hydrogen (secondary N) is 1. The van der Waals surface area contributed by atoms with E-state index >= 15 is 0 Å². The van der Waals surface area contributed by atoms with Crippen molar-refractivity contribution in [1.29, 1.82) is 0 Å². The second kappa shape index (κ2) is 6.37. The average molecular weight is 300 g/mol. The molecular weight excluding hydrogens is 281 g/mol. The number of benzene rings is 1. The zero-order valence-corrected chi connectivity index (χ0v) is 11.6. The number of nitrogens with two attached hydrogens (primary N) is 1. The summed E-state index contributed by atoms with van der Waals surface area (Å²) in [5.41, 5.74) is 6.77. The normalized spacial score (nSPS) is 22.8. The van der Waals surface area contributed by atoms with Crippen molar-refractivity contribution in [3.8, 4) is 0 Å². The molecule has 1 aromatic rings. The van der Waals surface area contributed by atoms with E-state index in [1.807, 2.05) is 18.2 Å². The smallest absolute Gasteiger partial charge is 0.382 e. The SMILES string of the molecule is NC(=O)Cc1ccccc1NC1CCC(C(F)(F)F)CC1. The highest BCUT2D eigenvalue weighted by Gasteiger charge is 2.41. The van der Waals surface area contributed by atoms with Gasteiger partial charge in [0.25, 0.3) is 0 Å². The van der Waals surface area contributed by atoms with Crippen LogP contribution < -0.4 is 11.1 Å². The van der Waals surface area contributed by atoms with Crippen molar-refractivity contribution in [2.75, 3.05) is 5.32 Å². The number of para-hydroxylation sites is 1. The lowest BCUT2D eigenvalue weighted by Crippen LogP contribution is -2.33. The first-order valence-electron chi connectivity index (χ1n) is 7.05. The molecule has 1 saturated carbocycles. The quantitative estimate of drug-likeness (QED) is 0.897. The van der Waals surface area contributed by atoms with Crippen molar-refractivity contribution in [3.05, 3.63) is 29.8 Å². The van der Waals surface area contributed by atoms with Gasteiger partial charge in [0.05, 0.1) is 12.3 Å². The van der Waals surface area contributed by atoms with Crippen LogP contribution in [0.3, 0.4) is 0 Å². The van der Waals surface area contributed by atoms with Gasteiger partial charge < -0.3 is 11.1 Å². The summed E-state index contributed by atoms with van der Waals surface area (Å²) in [6, 6.07) is 7.28. The molecule has 2 rings (SSSR count). The molecule has 0 saturated heterocycles. The third kappa shape index (κ3) is 4.37. The average Bonchev–Trinajstić information content (AvgIpc) is 2.40. The number of rotatable bonds is 4. The van der Waals surface area contributed by atoms with Gasteiger partial charge >= 0.3 is 6.18 Å². The van der Waals surface area contributed by atoms with Gasteiger partial charge in [0.1, 0.15) is 0 Å². The van der Waals surface area contributed by atoms with Gasteiger partial charge in [-0.05, 0) is 37.3 Å². The Hall–Kier alpha value is -1.72. The van der Waals surface area contributed by atoms with Gasteiger partial charge in [-0.15, -0.1) is 0 Å². The Morgan fingerprint density at radius 1 is 1.19 bits per heavy atom. The molecule has 0 aromatic heterocycles. The van der Waals surface area contributed by atoms with E-state index in [4.69, 9.17) is 5.73 Å². The Morgan fingerprint density at radius 3 is 2.38 bits per heavy atom. The molecule has 21 heavy (non-hydrogen) atoms. The van der Waals surface area contributed by atoms with Crippen molar-refractivity contribution in [3.63, 3.8) is 0 Å². The topological polar surface area (TPSA) is 55.1 Å². The molecular formula is C15H19F3N2O. The van der Waals surface area contributed by atoms with Gasteiger partial charge in [-0.2, -0.15) is 13.2 Å². The van der Waals surface area contributed by atoms with Crippen molar-refractivity contribution < 1.29 is 18.0 Å². The third-order valence-electron chi connectivity index (χ3n) is 3.93. The Kier molecular flexibility index (Phi) is 4.75. The first-order chi connectivity index (χ1) is 9.86. The van der Waals surface area contributed by atoms with E-state index in [0.717, 1.165) is 11.3 Å². The summed E-state index contributed by atoms with van der Waals surface area (Å²) in [4.78, 5) is 11.0. The number of amides is 1. The van der Waals surface area contributed by atoms with Gasteiger partial charge in [0.2, 0.25) is 5.91 Å². The molecule has 1 amide bonds. The predicted octanol–water partition coefficient (Wildman–Crippen LogP) is 3.25. The summed E-state index contributed by atoms with van der Waals surface area (Å²) in [6.07, 6.45) is -2.70. The van der Waals surface area contributed by atoms with Crippen LogP contribution in [0.5, 0.6) is 0 Å². The molecule has 3 N–H and O–H groups in total. The Bertz CT molecular complexity index is 494. The molecule has 1 fully saturated rings. The van der Waals surface area contributed by atoms with E-state index in [1.165, 1.54) is 0 Å². The van der Waals surface area contributed by atoms with Gasteiger partial charge in [-0.1, -0.05) is 18.2 Å². The largest absolute Gasteiger partial charge is 0.391 e. The Morgan fingerprint density at radius 2 is 1.81 bits per heavy atom. The predicted molar refractivity (Wildman–Crippen MR) is 74.8 cm³/mol. The summed E-state index contributed by atoms with van der Waals surface area (Å²) < 4.78 is 37.9. The van der Waals surface area contributed by atoms with Gasteiger partial charge in [-0.25, -0.2) is 0 Å². The maximum atomic E-state index is 12.6. The lowest BCUT2D eigenvalue weighted by molar-refractivity contribution is -0.182.